The zero-order chi connectivity index (χ0) is 16.7. The number of carbonyl (C=O) groups excluding carboxylic acids is 1. The van der Waals surface area contributed by atoms with E-state index in [0.717, 1.165) is 25.1 Å². The van der Waals surface area contributed by atoms with Crippen molar-refractivity contribution in [2.24, 2.45) is 5.92 Å². The van der Waals surface area contributed by atoms with Crippen LogP contribution in [0.25, 0.3) is 0 Å². The molecular formula is C18H18F2N2OS. The number of benzene rings is 1. The molecule has 126 valence electrons. The fourth-order valence-corrected chi connectivity index (χ4v) is 4.42. The van der Waals surface area contributed by atoms with Crippen molar-refractivity contribution in [2.75, 3.05) is 18.4 Å². The van der Waals surface area contributed by atoms with Crippen LogP contribution in [0.3, 0.4) is 0 Å². The summed E-state index contributed by atoms with van der Waals surface area (Å²) in [5.41, 5.74) is 1.38. The number of nitrogens with one attached hydrogen (secondary N) is 1. The fraction of sp³-hybridized carbons (Fsp3) is 0.389. The Balaban J connectivity index is 1.47. The van der Waals surface area contributed by atoms with Gasteiger partial charge in [0.25, 0.3) is 0 Å². The standard InChI is InChI=1S/C18H18F2N2OS/c19-12-3-4-15(14(20)9-12)21-17(23)10-22-7-5-16-13(6-8-24-16)18(22)11-1-2-11/h3-4,6,8-9,11,18H,1-2,5,7,10H2,(H,21,23)/t18-/m1/s1. The van der Waals surface area contributed by atoms with E-state index in [2.05, 4.69) is 21.7 Å². The van der Waals surface area contributed by atoms with Gasteiger partial charge >= 0.3 is 0 Å². The van der Waals surface area contributed by atoms with Crippen LogP contribution in [0.15, 0.2) is 29.6 Å². The van der Waals surface area contributed by atoms with Crippen LogP contribution in [0.1, 0.15) is 29.3 Å². The highest BCUT2D eigenvalue weighted by molar-refractivity contribution is 7.10. The van der Waals surface area contributed by atoms with Gasteiger partial charge in [0.05, 0.1) is 12.2 Å². The molecule has 24 heavy (non-hydrogen) atoms. The molecule has 1 fully saturated rings. The van der Waals surface area contributed by atoms with Crippen LogP contribution in [-0.2, 0) is 11.2 Å². The zero-order valence-electron chi connectivity index (χ0n) is 13.1. The van der Waals surface area contributed by atoms with Crippen molar-refractivity contribution in [1.29, 1.82) is 0 Å². The van der Waals surface area contributed by atoms with Gasteiger partial charge in [-0.15, -0.1) is 11.3 Å². The molecule has 6 heteroatoms. The number of amides is 1. The average Bonchev–Trinajstić information content (AvgIpc) is 3.26. The van der Waals surface area contributed by atoms with Crippen LogP contribution >= 0.6 is 11.3 Å². The minimum absolute atomic E-state index is 0.0256. The first-order valence-electron chi connectivity index (χ1n) is 8.17. The Morgan fingerprint density at radius 1 is 1.29 bits per heavy atom. The maximum absolute atomic E-state index is 13.7. The van der Waals surface area contributed by atoms with E-state index in [1.165, 1.54) is 29.3 Å². The summed E-state index contributed by atoms with van der Waals surface area (Å²) in [4.78, 5) is 16.0. The third-order valence-corrected chi connectivity index (χ3v) is 5.73. The van der Waals surface area contributed by atoms with E-state index in [-0.39, 0.29) is 18.1 Å². The van der Waals surface area contributed by atoms with Gasteiger partial charge in [-0.2, -0.15) is 0 Å². The lowest BCUT2D eigenvalue weighted by atomic mass is 9.96. The number of hydrogen-bond donors (Lipinski definition) is 1. The summed E-state index contributed by atoms with van der Waals surface area (Å²) in [6.45, 7) is 1.07. The topological polar surface area (TPSA) is 32.3 Å². The van der Waals surface area contributed by atoms with Gasteiger partial charge in [0.1, 0.15) is 11.6 Å². The smallest absolute Gasteiger partial charge is 0.238 e. The van der Waals surface area contributed by atoms with E-state index in [4.69, 9.17) is 0 Å². The molecule has 1 N–H and O–H groups in total. The first-order valence-corrected chi connectivity index (χ1v) is 9.05. The first-order chi connectivity index (χ1) is 11.6. The van der Waals surface area contributed by atoms with Crippen molar-refractivity contribution in [1.82, 2.24) is 4.90 Å². The third kappa shape index (κ3) is 3.08. The predicted molar refractivity (Wildman–Crippen MR) is 90.0 cm³/mol. The van der Waals surface area contributed by atoms with Gasteiger partial charge in [0.15, 0.2) is 0 Å². The molecule has 0 bridgehead atoms. The molecule has 4 rings (SSSR count). The summed E-state index contributed by atoms with van der Waals surface area (Å²) in [6.07, 6.45) is 3.35. The summed E-state index contributed by atoms with van der Waals surface area (Å²) >= 11 is 1.79. The number of fused-ring (bicyclic) bond motifs is 1. The third-order valence-electron chi connectivity index (χ3n) is 4.74. The van der Waals surface area contributed by atoms with E-state index in [0.29, 0.717) is 12.0 Å². The molecule has 2 heterocycles. The molecule has 1 aromatic carbocycles. The van der Waals surface area contributed by atoms with E-state index >= 15 is 0 Å². The van der Waals surface area contributed by atoms with Gasteiger partial charge in [-0.1, -0.05) is 0 Å². The van der Waals surface area contributed by atoms with Crippen LogP contribution in [0, 0.1) is 17.6 Å². The maximum atomic E-state index is 13.7. The molecule has 0 saturated heterocycles. The molecule has 1 amide bonds. The van der Waals surface area contributed by atoms with Crippen LogP contribution in [0.2, 0.25) is 0 Å². The molecule has 1 atom stereocenters. The lowest BCUT2D eigenvalue weighted by molar-refractivity contribution is -0.118. The molecule has 2 aromatic rings. The lowest BCUT2D eigenvalue weighted by Gasteiger charge is -2.35. The number of carbonyl (C=O) groups is 1. The first kappa shape index (κ1) is 15.7. The highest BCUT2D eigenvalue weighted by Crippen LogP contribution is 2.48. The lowest BCUT2D eigenvalue weighted by Crippen LogP contribution is -2.41. The van der Waals surface area contributed by atoms with E-state index in [1.54, 1.807) is 11.3 Å². The van der Waals surface area contributed by atoms with Gasteiger partial charge in [-0.05, 0) is 54.3 Å². The summed E-state index contributed by atoms with van der Waals surface area (Å²) < 4.78 is 26.6. The molecule has 3 nitrogen and oxygen atoms in total. The van der Waals surface area contributed by atoms with E-state index in [9.17, 15) is 13.6 Å². The Morgan fingerprint density at radius 2 is 2.12 bits per heavy atom. The van der Waals surface area contributed by atoms with Crippen molar-refractivity contribution in [3.05, 3.63) is 51.7 Å². The molecule has 1 aliphatic carbocycles. The summed E-state index contributed by atoms with van der Waals surface area (Å²) in [5, 5.41) is 4.69. The zero-order valence-corrected chi connectivity index (χ0v) is 13.9. The summed E-state index contributed by atoms with van der Waals surface area (Å²) in [6, 6.07) is 5.65. The van der Waals surface area contributed by atoms with Gasteiger partial charge in [0, 0.05) is 23.5 Å². The quantitative estimate of drug-likeness (QED) is 0.907. The normalized spacial score (nSPS) is 20.7. The fourth-order valence-electron chi connectivity index (χ4n) is 3.50. The van der Waals surface area contributed by atoms with E-state index in [1.807, 2.05) is 0 Å². The largest absolute Gasteiger partial charge is 0.322 e. The molecule has 0 radical (unpaired) electrons. The summed E-state index contributed by atoms with van der Waals surface area (Å²) in [7, 11) is 0. The molecule has 1 aromatic heterocycles. The number of nitrogens with zero attached hydrogens (tertiary/aromatic N) is 1. The molecule has 0 spiro atoms. The highest BCUT2D eigenvalue weighted by atomic mass is 32.1. The highest BCUT2D eigenvalue weighted by Gasteiger charge is 2.40. The molecule has 1 aliphatic heterocycles. The van der Waals surface area contributed by atoms with Crippen LogP contribution < -0.4 is 5.32 Å². The number of rotatable bonds is 4. The second-order valence-electron chi connectivity index (χ2n) is 6.47. The monoisotopic (exact) mass is 348 g/mol. The SMILES string of the molecule is O=C(CN1CCc2sccc2[C@H]1C1CC1)Nc1ccc(F)cc1F. The Labute approximate surface area is 143 Å². The average molecular weight is 348 g/mol. The van der Waals surface area contributed by atoms with Gasteiger partial charge < -0.3 is 5.32 Å². The second kappa shape index (κ2) is 6.26. The molecular weight excluding hydrogens is 330 g/mol. The van der Waals surface area contributed by atoms with Gasteiger partial charge in [-0.3, -0.25) is 9.69 Å². The second-order valence-corrected chi connectivity index (χ2v) is 7.47. The van der Waals surface area contributed by atoms with Crippen molar-refractivity contribution < 1.29 is 13.6 Å². The number of anilines is 1. The van der Waals surface area contributed by atoms with Crippen molar-refractivity contribution in [2.45, 2.75) is 25.3 Å². The van der Waals surface area contributed by atoms with Crippen LogP contribution in [-0.4, -0.2) is 23.9 Å². The van der Waals surface area contributed by atoms with Crippen molar-refractivity contribution in [3.63, 3.8) is 0 Å². The number of halogens is 2. The Morgan fingerprint density at radius 3 is 2.88 bits per heavy atom. The van der Waals surface area contributed by atoms with E-state index < -0.39 is 11.6 Å². The number of hydrogen-bond acceptors (Lipinski definition) is 3. The van der Waals surface area contributed by atoms with Crippen molar-refractivity contribution >= 4 is 22.9 Å². The Kier molecular flexibility index (Phi) is 4.10. The van der Waals surface area contributed by atoms with Crippen LogP contribution in [0.4, 0.5) is 14.5 Å². The summed E-state index contributed by atoms with van der Waals surface area (Å²) in [5.74, 6) is -1.04. The molecule has 1 saturated carbocycles. The molecule has 0 unspecified atom stereocenters. The maximum Gasteiger partial charge on any atom is 0.238 e. The number of thiophene rings is 1. The Bertz CT molecular complexity index is 772. The predicted octanol–water partition coefficient (Wildman–Crippen LogP) is 3.97. The molecule has 2 aliphatic rings. The van der Waals surface area contributed by atoms with Crippen molar-refractivity contribution in [3.8, 4) is 0 Å². The minimum atomic E-state index is -0.749. The Hall–Kier alpha value is -1.79. The van der Waals surface area contributed by atoms with Gasteiger partial charge in [-0.25, -0.2) is 8.78 Å². The van der Waals surface area contributed by atoms with Crippen LogP contribution in [0.5, 0.6) is 0 Å². The van der Waals surface area contributed by atoms with Gasteiger partial charge in [0.2, 0.25) is 5.91 Å². The minimum Gasteiger partial charge on any atom is -0.322 e.